The van der Waals surface area contributed by atoms with Crippen molar-refractivity contribution in [1.82, 2.24) is 15.2 Å². The average Bonchev–Trinajstić information content (AvgIpc) is 3.41. The number of unbranched alkanes of at least 4 members (excludes halogenated alkanes) is 4. The van der Waals surface area contributed by atoms with Gasteiger partial charge in [-0.25, -0.2) is 0 Å². The summed E-state index contributed by atoms with van der Waals surface area (Å²) in [6.07, 6.45) is 7.76. The summed E-state index contributed by atoms with van der Waals surface area (Å²) in [5.41, 5.74) is 3.91. The normalized spacial score (nSPS) is 10.8. The molecule has 0 saturated heterocycles. The van der Waals surface area contributed by atoms with E-state index >= 15 is 0 Å². The van der Waals surface area contributed by atoms with Crippen LogP contribution in [0.4, 0.5) is 17.1 Å². The van der Waals surface area contributed by atoms with Crippen molar-refractivity contribution in [2.24, 2.45) is 17.3 Å². The average molecular weight is 651 g/mol. The van der Waals surface area contributed by atoms with Crippen LogP contribution >= 0.6 is 11.8 Å². The number of ether oxygens (including phenoxy) is 1. The number of nitrogens with zero attached hydrogens (tertiary/aromatic N) is 3. The van der Waals surface area contributed by atoms with Crippen molar-refractivity contribution < 1.29 is 19.1 Å². The predicted molar refractivity (Wildman–Crippen MR) is 188 cm³/mol. The molecule has 3 rings (SSSR count). The predicted octanol–water partition coefficient (Wildman–Crippen LogP) is 7.56. The maximum atomic E-state index is 12.6. The zero-order valence-electron chi connectivity index (χ0n) is 26.4. The maximum absolute atomic E-state index is 12.6. The molecule has 0 saturated carbocycles. The van der Waals surface area contributed by atoms with E-state index in [1.54, 1.807) is 35.6 Å². The van der Waals surface area contributed by atoms with Crippen molar-refractivity contribution in [1.29, 1.82) is 0 Å². The van der Waals surface area contributed by atoms with E-state index in [2.05, 4.69) is 26.2 Å². The summed E-state index contributed by atoms with van der Waals surface area (Å²) in [6, 6.07) is 19.3. The first-order chi connectivity index (χ1) is 21.9. The lowest BCUT2D eigenvalue weighted by Crippen LogP contribution is -2.26. The van der Waals surface area contributed by atoms with E-state index in [-0.39, 0.29) is 25.2 Å². The molecule has 0 atom stereocenters. The first-order valence-corrected chi connectivity index (χ1v) is 16.8. The Kier molecular flexibility index (Phi) is 18.7. The van der Waals surface area contributed by atoms with Gasteiger partial charge in [-0.2, -0.15) is 22.0 Å². The monoisotopic (exact) mass is 650 g/mol. The summed E-state index contributed by atoms with van der Waals surface area (Å²) in [6.45, 7) is 1.86. The van der Waals surface area contributed by atoms with E-state index in [0.29, 0.717) is 43.8 Å². The molecule has 0 aliphatic rings. The molecule has 250 valence electrons. The molecule has 0 fully saturated rings. The molecule has 0 aliphatic heterocycles. The smallest absolute Gasteiger partial charge is 0.305 e. The highest BCUT2D eigenvalue weighted by atomic mass is 32.2. The van der Waals surface area contributed by atoms with Crippen LogP contribution in [0.5, 0.6) is 0 Å². The molecule has 0 spiro atoms. The fraction of sp³-hybridized carbons (Fsp3) is 0.457. The van der Waals surface area contributed by atoms with Crippen LogP contribution in [0.15, 0.2) is 77.1 Å². The molecular weight excluding hydrogens is 600 g/mol. The Morgan fingerprint density at radius 1 is 0.848 bits per heavy atom. The van der Waals surface area contributed by atoms with E-state index in [4.69, 9.17) is 4.74 Å². The molecular formula is C35H50N6O4S. The Labute approximate surface area is 278 Å². The second kappa shape index (κ2) is 22.5. The SMILES string of the molecule is C.CNCCCCCC(=O)Nc1cc(C(=O)NCCCCCC(=O)OCCSCc2ccc(N=Nc3ccccc3)cc2)n(C)c1. The van der Waals surface area contributed by atoms with Gasteiger partial charge in [-0.1, -0.05) is 50.6 Å². The van der Waals surface area contributed by atoms with Crippen molar-refractivity contribution in [3.05, 3.63) is 78.1 Å². The summed E-state index contributed by atoms with van der Waals surface area (Å²) in [5, 5.41) is 17.4. The number of hydrogen-bond donors (Lipinski definition) is 3. The van der Waals surface area contributed by atoms with Gasteiger partial charge >= 0.3 is 5.97 Å². The molecule has 2 aromatic carbocycles. The molecule has 1 aromatic heterocycles. The summed E-state index contributed by atoms with van der Waals surface area (Å²) in [5.74, 6) is 1.14. The minimum atomic E-state index is -0.191. The van der Waals surface area contributed by atoms with Gasteiger partial charge in [0.2, 0.25) is 5.91 Å². The van der Waals surface area contributed by atoms with Crippen molar-refractivity contribution in [2.75, 3.05) is 37.8 Å². The van der Waals surface area contributed by atoms with Crippen LogP contribution < -0.4 is 16.0 Å². The molecule has 10 nitrogen and oxygen atoms in total. The second-order valence-corrected chi connectivity index (χ2v) is 11.8. The number of anilines is 1. The fourth-order valence-corrected chi connectivity index (χ4v) is 5.23. The van der Waals surface area contributed by atoms with Gasteiger partial charge in [-0.15, -0.1) is 0 Å². The summed E-state index contributed by atoms with van der Waals surface area (Å²) >= 11 is 1.71. The molecule has 3 aromatic rings. The largest absolute Gasteiger partial charge is 0.465 e. The van der Waals surface area contributed by atoms with Crippen molar-refractivity contribution in [3.8, 4) is 0 Å². The minimum Gasteiger partial charge on any atom is -0.465 e. The quantitative estimate of drug-likeness (QED) is 0.0621. The number of carbonyl (C=O) groups is 3. The molecule has 3 N–H and O–H groups in total. The molecule has 0 aliphatic carbocycles. The lowest BCUT2D eigenvalue weighted by Gasteiger charge is -2.07. The zero-order chi connectivity index (χ0) is 32.1. The van der Waals surface area contributed by atoms with Gasteiger partial charge in [0.05, 0.1) is 17.1 Å². The van der Waals surface area contributed by atoms with E-state index in [1.807, 2.05) is 61.6 Å². The number of aromatic nitrogens is 1. The number of azo groups is 1. The van der Waals surface area contributed by atoms with Crippen LogP contribution in [0.2, 0.25) is 0 Å². The third kappa shape index (κ3) is 15.4. The van der Waals surface area contributed by atoms with Crippen LogP contribution in [-0.2, 0) is 27.1 Å². The number of aryl methyl sites for hydroxylation is 1. The lowest BCUT2D eigenvalue weighted by atomic mass is 10.2. The lowest BCUT2D eigenvalue weighted by molar-refractivity contribution is -0.143. The van der Waals surface area contributed by atoms with E-state index < -0.39 is 0 Å². The van der Waals surface area contributed by atoms with Gasteiger partial charge in [0, 0.05) is 44.1 Å². The van der Waals surface area contributed by atoms with Gasteiger partial charge in [0.1, 0.15) is 12.3 Å². The van der Waals surface area contributed by atoms with Crippen LogP contribution in [0.1, 0.15) is 74.8 Å². The summed E-state index contributed by atoms with van der Waals surface area (Å²) in [7, 11) is 3.70. The number of benzene rings is 2. The molecule has 0 bridgehead atoms. The van der Waals surface area contributed by atoms with Gasteiger partial charge in [0.15, 0.2) is 0 Å². The number of thioether (sulfide) groups is 1. The number of hydrogen-bond acceptors (Lipinski definition) is 8. The van der Waals surface area contributed by atoms with Crippen LogP contribution in [-0.4, -0.2) is 54.8 Å². The fourth-order valence-electron chi connectivity index (χ4n) is 4.46. The Morgan fingerprint density at radius 3 is 2.24 bits per heavy atom. The summed E-state index contributed by atoms with van der Waals surface area (Å²) in [4.78, 5) is 36.8. The van der Waals surface area contributed by atoms with Crippen LogP contribution in [0, 0.1) is 0 Å². The number of nitrogens with one attached hydrogen (secondary N) is 3. The Balaban J connectivity index is 0.00000736. The van der Waals surface area contributed by atoms with Gasteiger partial charge in [-0.3, -0.25) is 14.4 Å². The maximum Gasteiger partial charge on any atom is 0.305 e. The second-order valence-electron chi connectivity index (χ2n) is 10.7. The highest BCUT2D eigenvalue weighted by Gasteiger charge is 2.13. The highest BCUT2D eigenvalue weighted by Crippen LogP contribution is 2.20. The standard InChI is InChI=1S/C34H46N6O4S.CH4/c1-35-20-10-4-8-14-32(41)37-30-24-31(40(2)25-30)34(43)36-21-11-5-9-15-33(42)44-22-23-45-26-27-16-18-29(19-17-27)39-38-28-12-6-3-7-13-28;/h3,6-7,12-13,16-19,24-25,35H,4-5,8-11,14-15,20-23,26H2,1-2H3,(H,36,43)(H,37,41);1H4. The minimum absolute atomic E-state index is 0. The van der Waals surface area contributed by atoms with Crippen LogP contribution in [0.3, 0.4) is 0 Å². The Morgan fingerprint density at radius 2 is 1.52 bits per heavy atom. The molecule has 0 radical (unpaired) electrons. The van der Waals surface area contributed by atoms with E-state index in [1.165, 1.54) is 5.56 Å². The third-order valence-electron chi connectivity index (χ3n) is 6.93. The first-order valence-electron chi connectivity index (χ1n) is 15.6. The number of rotatable bonds is 21. The van der Waals surface area contributed by atoms with Crippen molar-refractivity contribution >= 4 is 46.6 Å². The van der Waals surface area contributed by atoms with E-state index in [0.717, 1.165) is 61.5 Å². The highest BCUT2D eigenvalue weighted by molar-refractivity contribution is 7.98. The summed E-state index contributed by atoms with van der Waals surface area (Å²) < 4.78 is 7.07. The Bertz CT molecular complexity index is 1340. The third-order valence-corrected chi connectivity index (χ3v) is 7.92. The van der Waals surface area contributed by atoms with Gasteiger partial charge < -0.3 is 25.3 Å². The number of carbonyl (C=O) groups excluding carboxylic acids is 3. The van der Waals surface area contributed by atoms with Gasteiger partial charge in [-0.05, 0) is 75.2 Å². The number of amides is 2. The first kappa shape index (κ1) is 38.2. The van der Waals surface area contributed by atoms with Crippen LogP contribution in [0.25, 0.3) is 0 Å². The molecule has 0 unspecified atom stereocenters. The molecule has 1 heterocycles. The van der Waals surface area contributed by atoms with Crippen molar-refractivity contribution in [2.45, 2.75) is 64.5 Å². The molecule has 46 heavy (non-hydrogen) atoms. The molecule has 2 amide bonds. The zero-order valence-corrected chi connectivity index (χ0v) is 27.2. The topological polar surface area (TPSA) is 126 Å². The molecule has 11 heteroatoms. The van der Waals surface area contributed by atoms with E-state index in [9.17, 15) is 14.4 Å². The van der Waals surface area contributed by atoms with Crippen molar-refractivity contribution in [3.63, 3.8) is 0 Å². The van der Waals surface area contributed by atoms with Gasteiger partial charge in [0.25, 0.3) is 5.91 Å². The Hall–Kier alpha value is -3.96. The number of esters is 1.